The number of benzene rings is 1. The van der Waals surface area contributed by atoms with Crippen LogP contribution in [0.3, 0.4) is 0 Å². The van der Waals surface area contributed by atoms with Crippen molar-refractivity contribution in [3.05, 3.63) is 60.2 Å². The van der Waals surface area contributed by atoms with E-state index in [0.29, 0.717) is 17.1 Å². The van der Waals surface area contributed by atoms with Crippen molar-refractivity contribution in [1.29, 1.82) is 0 Å². The number of hydrogen-bond acceptors (Lipinski definition) is 9. The van der Waals surface area contributed by atoms with Crippen molar-refractivity contribution >= 4 is 17.6 Å². The van der Waals surface area contributed by atoms with E-state index in [4.69, 9.17) is 14.2 Å². The lowest BCUT2D eigenvalue weighted by Crippen LogP contribution is -2.27. The van der Waals surface area contributed by atoms with Crippen LogP contribution in [0.2, 0.25) is 0 Å². The highest BCUT2D eigenvalue weighted by Crippen LogP contribution is 2.31. The summed E-state index contributed by atoms with van der Waals surface area (Å²) in [6.45, 7) is 0. The Morgan fingerprint density at radius 2 is 1.71 bits per heavy atom. The molecule has 10 heteroatoms. The fourth-order valence-corrected chi connectivity index (χ4v) is 2.60. The first kappa shape index (κ1) is 18.8. The first-order valence-corrected chi connectivity index (χ1v) is 8.06. The topological polar surface area (TPSA) is 109 Å². The summed E-state index contributed by atoms with van der Waals surface area (Å²) in [4.78, 5) is 26.3. The smallest absolute Gasteiger partial charge is 0.355 e. The molecule has 0 saturated carbocycles. The molecule has 2 aromatic rings. The molecule has 1 aromatic heterocycles. The highest BCUT2D eigenvalue weighted by atomic mass is 16.5. The first-order chi connectivity index (χ1) is 13.6. The van der Waals surface area contributed by atoms with Gasteiger partial charge in [0.25, 0.3) is 0 Å². The highest BCUT2D eigenvalue weighted by Gasteiger charge is 2.28. The monoisotopic (exact) mass is 383 g/mol. The summed E-state index contributed by atoms with van der Waals surface area (Å²) in [7, 11) is 3.99. The second-order valence-electron chi connectivity index (χ2n) is 5.46. The molecule has 1 aromatic carbocycles. The molecule has 0 amide bonds. The molecule has 2 heterocycles. The summed E-state index contributed by atoms with van der Waals surface area (Å²) in [5.41, 5.74) is 1.15. The number of allylic oxidation sites excluding steroid dienone is 2. The van der Waals surface area contributed by atoms with Crippen LogP contribution in [0.25, 0.3) is 5.69 Å². The number of hydrogen-bond donors (Lipinski definition) is 0. The van der Waals surface area contributed by atoms with E-state index >= 15 is 0 Å². The maximum Gasteiger partial charge on any atom is 0.355 e. The van der Waals surface area contributed by atoms with Gasteiger partial charge in [-0.3, -0.25) is 0 Å². The largest absolute Gasteiger partial charge is 0.497 e. The average molecular weight is 383 g/mol. The minimum Gasteiger partial charge on any atom is -0.497 e. The maximum absolute atomic E-state index is 12.5. The van der Waals surface area contributed by atoms with Crippen LogP contribution < -0.4 is 9.64 Å². The van der Waals surface area contributed by atoms with Gasteiger partial charge in [0.2, 0.25) is 0 Å². The molecule has 0 N–H and O–H groups in total. The Balaban J connectivity index is 2.21. The zero-order valence-corrected chi connectivity index (χ0v) is 15.4. The molecule has 10 nitrogen and oxygen atoms in total. The number of carbonyl (C=O) groups excluding carboxylic acids is 2. The Bertz CT molecular complexity index is 978. The molecule has 0 radical (unpaired) electrons. The summed E-state index contributed by atoms with van der Waals surface area (Å²) < 4.78 is 16.5. The predicted molar refractivity (Wildman–Crippen MR) is 97.5 cm³/mol. The lowest BCUT2D eigenvalue weighted by Gasteiger charge is -2.24. The van der Waals surface area contributed by atoms with Gasteiger partial charge in [-0.2, -0.15) is 0 Å². The van der Waals surface area contributed by atoms with Crippen molar-refractivity contribution in [3.8, 4) is 11.4 Å². The van der Waals surface area contributed by atoms with Gasteiger partial charge >= 0.3 is 11.9 Å². The van der Waals surface area contributed by atoms with Gasteiger partial charge in [0.1, 0.15) is 17.8 Å². The molecule has 0 saturated heterocycles. The Morgan fingerprint density at radius 3 is 2.36 bits per heavy atom. The fraction of sp³-hybridized carbons (Fsp3) is 0.167. The Labute approximate surface area is 160 Å². The molecule has 0 bridgehead atoms. The number of nitrogens with zero attached hydrogens (tertiary/aromatic N) is 5. The molecule has 28 heavy (non-hydrogen) atoms. The Morgan fingerprint density at radius 1 is 0.964 bits per heavy atom. The number of aromatic nitrogens is 4. The van der Waals surface area contributed by atoms with Crippen LogP contribution in [0.15, 0.2) is 60.2 Å². The molecular weight excluding hydrogens is 366 g/mol. The minimum absolute atomic E-state index is 0.00438. The van der Waals surface area contributed by atoms with E-state index in [9.17, 15) is 9.59 Å². The van der Waals surface area contributed by atoms with Crippen LogP contribution >= 0.6 is 0 Å². The maximum atomic E-state index is 12.5. The van der Waals surface area contributed by atoms with Gasteiger partial charge in [-0.1, -0.05) is 6.08 Å². The molecule has 3 rings (SSSR count). The van der Waals surface area contributed by atoms with Gasteiger partial charge in [0.15, 0.2) is 0 Å². The number of methoxy groups -OCH3 is 3. The van der Waals surface area contributed by atoms with Gasteiger partial charge in [0, 0.05) is 18.3 Å². The molecular formula is C18H17N5O5. The molecule has 0 fully saturated rings. The number of esters is 2. The Kier molecular flexibility index (Phi) is 5.49. The number of carbonyl (C=O) groups is 2. The second-order valence-corrected chi connectivity index (χ2v) is 5.46. The van der Waals surface area contributed by atoms with Crippen LogP contribution in [-0.4, -0.2) is 53.5 Å². The van der Waals surface area contributed by atoms with Crippen molar-refractivity contribution in [1.82, 2.24) is 20.2 Å². The summed E-state index contributed by atoms with van der Waals surface area (Å²) in [6.07, 6.45) is 7.83. The van der Waals surface area contributed by atoms with Crippen LogP contribution in [-0.2, 0) is 19.1 Å². The van der Waals surface area contributed by atoms with Crippen molar-refractivity contribution < 1.29 is 23.8 Å². The summed E-state index contributed by atoms with van der Waals surface area (Å²) in [5.74, 6) is -0.880. The molecule has 0 atom stereocenters. The summed E-state index contributed by atoms with van der Waals surface area (Å²) >= 11 is 0. The molecule has 0 aliphatic carbocycles. The Hall–Kier alpha value is -3.95. The minimum atomic E-state index is -0.705. The van der Waals surface area contributed by atoms with Crippen LogP contribution in [0.1, 0.15) is 0 Å². The number of anilines is 1. The van der Waals surface area contributed by atoms with E-state index in [1.54, 1.807) is 36.6 Å². The first-order valence-electron chi connectivity index (χ1n) is 8.06. The average Bonchev–Trinajstić information content (AvgIpc) is 3.18. The molecule has 144 valence electrons. The van der Waals surface area contributed by atoms with Crippen molar-refractivity contribution in [2.24, 2.45) is 0 Å². The molecule has 1 aliphatic heterocycles. The quantitative estimate of drug-likeness (QED) is 0.703. The fourth-order valence-electron chi connectivity index (χ4n) is 2.60. The zero-order chi connectivity index (χ0) is 20.1. The zero-order valence-electron chi connectivity index (χ0n) is 15.4. The molecule has 1 aliphatic rings. The van der Waals surface area contributed by atoms with E-state index < -0.39 is 11.9 Å². The van der Waals surface area contributed by atoms with Crippen LogP contribution in [0.5, 0.6) is 5.75 Å². The van der Waals surface area contributed by atoms with Gasteiger partial charge in [-0.15, -0.1) is 5.10 Å². The summed E-state index contributed by atoms with van der Waals surface area (Å²) in [6, 6.07) is 5.15. The van der Waals surface area contributed by atoms with Crippen molar-refractivity contribution in [3.63, 3.8) is 0 Å². The van der Waals surface area contributed by atoms with Crippen molar-refractivity contribution in [2.75, 3.05) is 26.2 Å². The normalized spacial score (nSPS) is 13.3. The lowest BCUT2D eigenvalue weighted by molar-refractivity contribution is -0.139. The summed E-state index contributed by atoms with van der Waals surface area (Å²) in [5, 5.41) is 11.1. The van der Waals surface area contributed by atoms with E-state index in [-0.39, 0.29) is 11.3 Å². The number of ether oxygens (including phenoxy) is 3. The number of tetrazole rings is 1. The standard InChI is InChI=1S/C18H17N5O5/c1-26-14-9-12(8-13(10-14)23-11-19-20-21-23)22-7-5-4-6-15(17(24)27-2)16(22)18(25)28-3/h4-11H,1-3H3. The van der Waals surface area contributed by atoms with Crippen LogP contribution in [0.4, 0.5) is 5.69 Å². The van der Waals surface area contributed by atoms with E-state index in [1.165, 1.54) is 43.3 Å². The third kappa shape index (κ3) is 3.61. The van der Waals surface area contributed by atoms with Gasteiger partial charge in [-0.25, -0.2) is 14.3 Å². The SMILES string of the molecule is COC(=O)C1=C(C(=O)OC)N(c2cc(OC)cc(-n3cnnn3)c2)C=CC=C1. The highest BCUT2D eigenvalue weighted by molar-refractivity contribution is 6.05. The van der Waals surface area contributed by atoms with Gasteiger partial charge in [-0.05, 0) is 28.6 Å². The molecule has 0 unspecified atom stereocenters. The van der Waals surface area contributed by atoms with Gasteiger partial charge in [0.05, 0.1) is 38.3 Å². The van der Waals surface area contributed by atoms with E-state index in [2.05, 4.69) is 15.5 Å². The van der Waals surface area contributed by atoms with Crippen molar-refractivity contribution in [2.45, 2.75) is 0 Å². The predicted octanol–water partition coefficient (Wildman–Crippen LogP) is 1.16. The molecule has 0 spiro atoms. The number of rotatable bonds is 5. The third-order valence-electron chi connectivity index (χ3n) is 3.89. The lowest BCUT2D eigenvalue weighted by atomic mass is 10.1. The second kappa shape index (κ2) is 8.16. The van der Waals surface area contributed by atoms with Gasteiger partial charge < -0.3 is 19.1 Å². The van der Waals surface area contributed by atoms with E-state index in [0.717, 1.165) is 0 Å². The van der Waals surface area contributed by atoms with E-state index in [1.807, 2.05) is 0 Å². The van der Waals surface area contributed by atoms with Crippen LogP contribution in [0, 0.1) is 0 Å². The third-order valence-corrected chi connectivity index (χ3v) is 3.89.